The molecular weight excluding hydrogens is 460 g/mol. The number of thiocarbonyl (C=S) groups is 1. The van der Waals surface area contributed by atoms with Gasteiger partial charge >= 0.3 is 0 Å². The van der Waals surface area contributed by atoms with E-state index in [0.29, 0.717) is 43.1 Å². The van der Waals surface area contributed by atoms with Gasteiger partial charge in [-0.2, -0.15) is 0 Å². The zero-order valence-electron chi connectivity index (χ0n) is 15.9. The summed E-state index contributed by atoms with van der Waals surface area (Å²) in [5, 5.41) is 3.11. The van der Waals surface area contributed by atoms with E-state index in [9.17, 15) is 18.4 Å². The van der Waals surface area contributed by atoms with Crippen molar-refractivity contribution in [1.29, 1.82) is 0 Å². The summed E-state index contributed by atoms with van der Waals surface area (Å²) in [4.78, 5) is 31.0. The van der Waals surface area contributed by atoms with E-state index >= 15 is 0 Å². The van der Waals surface area contributed by atoms with Crippen molar-refractivity contribution in [2.24, 2.45) is 0 Å². The molecule has 3 aromatic rings. The minimum absolute atomic E-state index is 0.179. The van der Waals surface area contributed by atoms with Crippen molar-refractivity contribution in [3.05, 3.63) is 64.6 Å². The summed E-state index contributed by atoms with van der Waals surface area (Å²) in [5.74, 6) is -1.17. The highest BCUT2D eigenvalue weighted by atomic mass is 32.2. The maximum atomic E-state index is 13.3. The summed E-state index contributed by atoms with van der Waals surface area (Å²) in [6.45, 7) is 0.309. The van der Waals surface area contributed by atoms with Gasteiger partial charge in [0.2, 0.25) is 5.91 Å². The predicted molar refractivity (Wildman–Crippen MR) is 124 cm³/mol. The van der Waals surface area contributed by atoms with Gasteiger partial charge in [-0.25, -0.2) is 13.8 Å². The van der Waals surface area contributed by atoms with Gasteiger partial charge in [-0.1, -0.05) is 47.4 Å². The van der Waals surface area contributed by atoms with Crippen LogP contribution in [0.25, 0.3) is 16.3 Å². The van der Waals surface area contributed by atoms with Crippen LogP contribution in [0.3, 0.4) is 0 Å². The third kappa shape index (κ3) is 5.15. The minimum atomic E-state index is -0.356. The van der Waals surface area contributed by atoms with Crippen LogP contribution < -0.4 is 5.32 Å². The SMILES string of the molecule is O=C(CCCN1C(=O)/C(=C/c2ccc(F)cc2)SC1=S)Nc1nc2ccc(F)cc2s1. The van der Waals surface area contributed by atoms with E-state index in [1.165, 1.54) is 52.3 Å². The number of rotatable bonds is 6. The molecule has 1 aliphatic heterocycles. The summed E-state index contributed by atoms with van der Waals surface area (Å²) in [6, 6.07) is 10.1. The van der Waals surface area contributed by atoms with Crippen LogP contribution in [0.1, 0.15) is 18.4 Å². The Labute approximate surface area is 190 Å². The number of carbonyl (C=O) groups excluding carboxylic acids is 2. The second-order valence-corrected chi connectivity index (χ2v) is 9.37. The first-order chi connectivity index (χ1) is 14.9. The van der Waals surface area contributed by atoms with E-state index in [-0.39, 0.29) is 29.9 Å². The van der Waals surface area contributed by atoms with Crippen molar-refractivity contribution < 1.29 is 18.4 Å². The lowest BCUT2D eigenvalue weighted by molar-refractivity contribution is -0.122. The number of benzene rings is 2. The maximum Gasteiger partial charge on any atom is 0.266 e. The number of aromatic nitrogens is 1. The van der Waals surface area contributed by atoms with Crippen molar-refractivity contribution in [3.63, 3.8) is 0 Å². The monoisotopic (exact) mass is 475 g/mol. The third-order valence-electron chi connectivity index (χ3n) is 4.42. The predicted octanol–water partition coefficient (Wildman–Crippen LogP) is 5.19. The second kappa shape index (κ2) is 9.21. The normalized spacial score (nSPS) is 15.3. The third-order valence-corrected chi connectivity index (χ3v) is 6.74. The molecule has 1 saturated heterocycles. The van der Waals surface area contributed by atoms with Gasteiger partial charge in [0, 0.05) is 13.0 Å². The van der Waals surface area contributed by atoms with Gasteiger partial charge in [-0.3, -0.25) is 14.5 Å². The molecule has 2 amide bonds. The average Bonchev–Trinajstić information content (AvgIpc) is 3.24. The number of anilines is 1. The Morgan fingerprint density at radius 1 is 1.16 bits per heavy atom. The quantitative estimate of drug-likeness (QED) is 0.393. The molecule has 0 atom stereocenters. The molecule has 31 heavy (non-hydrogen) atoms. The number of carbonyl (C=O) groups is 2. The molecule has 1 aromatic heterocycles. The zero-order chi connectivity index (χ0) is 22.0. The standard InChI is InChI=1S/C21H15F2N3O2S3/c22-13-5-3-12(4-6-13)10-17-19(28)26(21(29)31-17)9-1-2-18(27)25-20-24-15-8-7-14(23)11-16(15)30-20/h3-8,10-11H,1-2,9H2,(H,24,25,27)/b17-10-. The first-order valence-corrected chi connectivity index (χ1v) is 11.3. The molecular formula is C21H15F2N3O2S3. The van der Waals surface area contributed by atoms with Crippen LogP contribution in [0.15, 0.2) is 47.4 Å². The number of thioether (sulfide) groups is 1. The number of hydrogen-bond acceptors (Lipinski definition) is 6. The lowest BCUT2D eigenvalue weighted by Gasteiger charge is -2.13. The zero-order valence-corrected chi connectivity index (χ0v) is 18.4. The van der Waals surface area contributed by atoms with E-state index in [1.807, 2.05) is 0 Å². The molecule has 4 rings (SSSR count). The molecule has 5 nitrogen and oxygen atoms in total. The molecule has 0 unspecified atom stereocenters. The van der Waals surface area contributed by atoms with E-state index < -0.39 is 0 Å². The van der Waals surface area contributed by atoms with Gasteiger partial charge in [-0.15, -0.1) is 0 Å². The molecule has 1 aliphatic rings. The fraction of sp³-hybridized carbons (Fsp3) is 0.143. The molecule has 0 radical (unpaired) electrons. The first kappa shape index (κ1) is 21.5. The maximum absolute atomic E-state index is 13.3. The van der Waals surface area contributed by atoms with E-state index in [1.54, 1.807) is 24.3 Å². The molecule has 158 valence electrons. The highest BCUT2D eigenvalue weighted by molar-refractivity contribution is 8.26. The van der Waals surface area contributed by atoms with Gasteiger partial charge in [0.25, 0.3) is 5.91 Å². The largest absolute Gasteiger partial charge is 0.302 e. The van der Waals surface area contributed by atoms with Crippen LogP contribution >= 0.6 is 35.3 Å². The Bertz CT molecular complexity index is 1210. The van der Waals surface area contributed by atoms with Gasteiger partial charge in [0.1, 0.15) is 16.0 Å². The van der Waals surface area contributed by atoms with Crippen LogP contribution in [-0.2, 0) is 9.59 Å². The lowest BCUT2D eigenvalue weighted by atomic mass is 10.2. The number of hydrogen-bond donors (Lipinski definition) is 1. The Kier molecular flexibility index (Phi) is 6.40. The number of amides is 2. The molecule has 0 saturated carbocycles. The minimum Gasteiger partial charge on any atom is -0.302 e. The molecule has 0 spiro atoms. The lowest BCUT2D eigenvalue weighted by Crippen LogP contribution is -2.29. The number of fused-ring (bicyclic) bond motifs is 1. The topological polar surface area (TPSA) is 62.3 Å². The van der Waals surface area contributed by atoms with Crippen molar-refractivity contribution in [2.75, 3.05) is 11.9 Å². The average molecular weight is 476 g/mol. The van der Waals surface area contributed by atoms with Crippen molar-refractivity contribution >= 4 is 72.9 Å². The Hall–Kier alpha value is -2.69. The summed E-state index contributed by atoms with van der Waals surface area (Å²) in [6.07, 6.45) is 2.27. The molecule has 2 heterocycles. The van der Waals surface area contributed by atoms with E-state index in [4.69, 9.17) is 12.2 Å². The molecule has 0 bridgehead atoms. The van der Waals surface area contributed by atoms with E-state index in [2.05, 4.69) is 10.3 Å². The van der Waals surface area contributed by atoms with Gasteiger partial charge in [0.15, 0.2) is 5.13 Å². The molecule has 0 aliphatic carbocycles. The molecule has 2 aromatic carbocycles. The van der Waals surface area contributed by atoms with Crippen LogP contribution in [0, 0.1) is 11.6 Å². The number of nitrogens with one attached hydrogen (secondary N) is 1. The number of halogens is 2. The summed E-state index contributed by atoms with van der Waals surface area (Å²) >= 11 is 7.67. The van der Waals surface area contributed by atoms with Gasteiger partial charge in [-0.05, 0) is 48.4 Å². The molecule has 10 heteroatoms. The Morgan fingerprint density at radius 2 is 1.90 bits per heavy atom. The van der Waals surface area contributed by atoms with Crippen LogP contribution in [-0.4, -0.2) is 32.6 Å². The smallest absolute Gasteiger partial charge is 0.266 e. The summed E-state index contributed by atoms with van der Waals surface area (Å²) in [5.41, 5.74) is 1.32. The Morgan fingerprint density at radius 3 is 2.68 bits per heavy atom. The van der Waals surface area contributed by atoms with Crippen molar-refractivity contribution in [2.45, 2.75) is 12.8 Å². The van der Waals surface area contributed by atoms with Gasteiger partial charge < -0.3 is 5.32 Å². The molecule has 1 fully saturated rings. The fourth-order valence-electron chi connectivity index (χ4n) is 2.93. The molecule has 1 N–H and O–H groups in total. The highest BCUT2D eigenvalue weighted by Gasteiger charge is 2.31. The Balaban J connectivity index is 1.31. The number of nitrogens with zero attached hydrogens (tertiary/aromatic N) is 2. The van der Waals surface area contributed by atoms with Crippen LogP contribution in [0.5, 0.6) is 0 Å². The van der Waals surface area contributed by atoms with Gasteiger partial charge in [0.05, 0.1) is 15.1 Å². The number of thiazole rings is 1. The summed E-state index contributed by atoms with van der Waals surface area (Å²) in [7, 11) is 0. The fourth-order valence-corrected chi connectivity index (χ4v) is 5.15. The first-order valence-electron chi connectivity index (χ1n) is 9.26. The summed E-state index contributed by atoms with van der Waals surface area (Å²) < 4.78 is 27.4. The van der Waals surface area contributed by atoms with Crippen molar-refractivity contribution in [3.8, 4) is 0 Å². The van der Waals surface area contributed by atoms with Crippen LogP contribution in [0.2, 0.25) is 0 Å². The van der Waals surface area contributed by atoms with Crippen LogP contribution in [0.4, 0.5) is 13.9 Å². The van der Waals surface area contributed by atoms with Crippen molar-refractivity contribution in [1.82, 2.24) is 9.88 Å². The second-order valence-electron chi connectivity index (χ2n) is 6.67. The highest BCUT2D eigenvalue weighted by Crippen LogP contribution is 2.33. The van der Waals surface area contributed by atoms with E-state index in [0.717, 1.165) is 0 Å².